The minimum Gasteiger partial charge on any atom is -0.382 e. The summed E-state index contributed by atoms with van der Waals surface area (Å²) in [6, 6.07) is 0. The zero-order chi connectivity index (χ0) is 11.1. The second-order valence-electron chi connectivity index (χ2n) is 4.35. The molecule has 0 spiro atoms. The van der Waals surface area contributed by atoms with Crippen LogP contribution in [0.25, 0.3) is 0 Å². The third kappa shape index (κ3) is 3.44. The minimum absolute atomic E-state index is 0.297. The van der Waals surface area contributed by atoms with Gasteiger partial charge in [0.15, 0.2) is 0 Å². The molecule has 0 radical (unpaired) electrons. The zero-order valence-corrected chi connectivity index (χ0v) is 10.3. The van der Waals surface area contributed by atoms with Crippen LogP contribution >= 0.6 is 0 Å². The van der Waals surface area contributed by atoms with Gasteiger partial charge in [-0.1, -0.05) is 6.92 Å². The molecule has 0 bridgehead atoms. The largest absolute Gasteiger partial charge is 0.382 e. The first-order chi connectivity index (χ1) is 7.25. The molecule has 2 atom stereocenters. The van der Waals surface area contributed by atoms with Gasteiger partial charge in [-0.05, 0) is 33.2 Å². The number of hydrogen-bond donors (Lipinski definition) is 1. The molecule has 1 saturated heterocycles. The fraction of sp³-hybridized carbons (Fsp3) is 1.00. The van der Waals surface area contributed by atoms with E-state index >= 15 is 0 Å². The predicted octanol–water partition coefficient (Wildman–Crippen LogP) is 1.82. The average Bonchev–Trinajstić information content (AvgIpc) is 2.59. The van der Waals surface area contributed by atoms with Gasteiger partial charge in [0, 0.05) is 31.8 Å². The Labute approximate surface area is 93.5 Å². The van der Waals surface area contributed by atoms with Gasteiger partial charge in [0.25, 0.3) is 0 Å². The zero-order valence-electron chi connectivity index (χ0n) is 10.3. The van der Waals surface area contributed by atoms with E-state index in [4.69, 9.17) is 9.47 Å². The molecule has 1 fully saturated rings. The molecule has 1 N–H and O–H groups in total. The van der Waals surface area contributed by atoms with Crippen LogP contribution < -0.4 is 5.32 Å². The summed E-state index contributed by atoms with van der Waals surface area (Å²) in [4.78, 5) is 0. The lowest BCUT2D eigenvalue weighted by Gasteiger charge is -2.32. The molecule has 15 heavy (non-hydrogen) atoms. The van der Waals surface area contributed by atoms with Crippen molar-refractivity contribution in [1.82, 2.24) is 5.32 Å². The van der Waals surface area contributed by atoms with Gasteiger partial charge in [-0.25, -0.2) is 0 Å². The van der Waals surface area contributed by atoms with E-state index in [2.05, 4.69) is 19.2 Å². The highest BCUT2D eigenvalue weighted by Crippen LogP contribution is 2.37. The molecule has 1 heterocycles. The van der Waals surface area contributed by atoms with Crippen LogP contribution in [0, 0.1) is 5.41 Å². The van der Waals surface area contributed by atoms with Gasteiger partial charge in [0.1, 0.15) is 0 Å². The first-order valence-corrected chi connectivity index (χ1v) is 6.15. The SMILES string of the molecule is CCNCC1(CCOCC)CCOC1C. The maximum atomic E-state index is 5.70. The standard InChI is InChI=1S/C12H25NO2/c1-4-13-10-12(6-8-14-5-2)7-9-15-11(12)3/h11,13H,4-10H2,1-3H3. The lowest BCUT2D eigenvalue weighted by Crippen LogP contribution is -2.40. The topological polar surface area (TPSA) is 30.5 Å². The Morgan fingerprint density at radius 3 is 2.80 bits per heavy atom. The van der Waals surface area contributed by atoms with E-state index < -0.39 is 0 Å². The van der Waals surface area contributed by atoms with Gasteiger partial charge in [0.2, 0.25) is 0 Å². The molecule has 90 valence electrons. The van der Waals surface area contributed by atoms with Crippen molar-refractivity contribution in [2.75, 3.05) is 32.9 Å². The van der Waals surface area contributed by atoms with Crippen molar-refractivity contribution in [3.63, 3.8) is 0 Å². The lowest BCUT2D eigenvalue weighted by atomic mass is 9.78. The summed E-state index contributed by atoms with van der Waals surface area (Å²) in [5, 5.41) is 3.45. The van der Waals surface area contributed by atoms with Crippen LogP contribution in [0.4, 0.5) is 0 Å². The number of rotatable bonds is 7. The van der Waals surface area contributed by atoms with Crippen molar-refractivity contribution >= 4 is 0 Å². The highest BCUT2D eigenvalue weighted by molar-refractivity contribution is 4.91. The monoisotopic (exact) mass is 215 g/mol. The Balaban J connectivity index is 2.44. The van der Waals surface area contributed by atoms with Crippen LogP contribution in [0.3, 0.4) is 0 Å². The van der Waals surface area contributed by atoms with Crippen LogP contribution in [0.2, 0.25) is 0 Å². The Morgan fingerprint density at radius 1 is 1.47 bits per heavy atom. The Bertz CT molecular complexity index is 175. The molecule has 3 heteroatoms. The van der Waals surface area contributed by atoms with Crippen LogP contribution in [-0.2, 0) is 9.47 Å². The molecule has 1 rings (SSSR count). The fourth-order valence-electron chi connectivity index (χ4n) is 2.26. The molecule has 0 aromatic carbocycles. The van der Waals surface area contributed by atoms with Gasteiger partial charge < -0.3 is 14.8 Å². The third-order valence-corrected chi connectivity index (χ3v) is 3.51. The van der Waals surface area contributed by atoms with Gasteiger partial charge in [0.05, 0.1) is 6.10 Å². The number of ether oxygens (including phenoxy) is 2. The van der Waals surface area contributed by atoms with Crippen molar-refractivity contribution in [3.05, 3.63) is 0 Å². The molecular weight excluding hydrogens is 190 g/mol. The molecule has 2 unspecified atom stereocenters. The van der Waals surface area contributed by atoms with Crippen LogP contribution in [0.1, 0.15) is 33.6 Å². The maximum Gasteiger partial charge on any atom is 0.0617 e. The average molecular weight is 215 g/mol. The Morgan fingerprint density at radius 2 is 2.27 bits per heavy atom. The van der Waals surface area contributed by atoms with Crippen molar-refractivity contribution < 1.29 is 9.47 Å². The second-order valence-corrected chi connectivity index (χ2v) is 4.35. The van der Waals surface area contributed by atoms with E-state index in [1.807, 2.05) is 6.92 Å². The third-order valence-electron chi connectivity index (χ3n) is 3.51. The summed E-state index contributed by atoms with van der Waals surface area (Å²) < 4.78 is 11.2. The summed E-state index contributed by atoms with van der Waals surface area (Å²) >= 11 is 0. The summed E-state index contributed by atoms with van der Waals surface area (Å²) in [5.41, 5.74) is 0.297. The molecule has 0 aromatic rings. The highest BCUT2D eigenvalue weighted by atomic mass is 16.5. The van der Waals surface area contributed by atoms with Gasteiger partial charge in [-0.15, -0.1) is 0 Å². The molecule has 3 nitrogen and oxygen atoms in total. The molecule has 1 aliphatic heterocycles. The molecular formula is C12H25NO2. The maximum absolute atomic E-state index is 5.70. The quantitative estimate of drug-likeness (QED) is 0.657. The Hall–Kier alpha value is -0.120. The van der Waals surface area contributed by atoms with Crippen molar-refractivity contribution in [2.24, 2.45) is 5.41 Å². The van der Waals surface area contributed by atoms with Crippen molar-refractivity contribution in [3.8, 4) is 0 Å². The predicted molar refractivity (Wildman–Crippen MR) is 62.1 cm³/mol. The lowest BCUT2D eigenvalue weighted by molar-refractivity contribution is 0.0355. The fourth-order valence-corrected chi connectivity index (χ4v) is 2.26. The molecule has 0 aliphatic carbocycles. The smallest absolute Gasteiger partial charge is 0.0617 e. The van der Waals surface area contributed by atoms with Crippen LogP contribution in [-0.4, -0.2) is 39.0 Å². The summed E-state index contributed by atoms with van der Waals surface area (Å²) in [6.45, 7) is 11.0. The summed E-state index contributed by atoms with van der Waals surface area (Å²) in [5.74, 6) is 0. The first kappa shape index (κ1) is 12.9. The highest BCUT2D eigenvalue weighted by Gasteiger charge is 2.40. The van der Waals surface area contributed by atoms with E-state index in [-0.39, 0.29) is 0 Å². The molecule has 0 saturated carbocycles. The van der Waals surface area contributed by atoms with E-state index in [1.165, 1.54) is 0 Å². The van der Waals surface area contributed by atoms with E-state index in [9.17, 15) is 0 Å². The van der Waals surface area contributed by atoms with E-state index in [0.29, 0.717) is 11.5 Å². The summed E-state index contributed by atoms with van der Waals surface area (Å²) in [6.07, 6.45) is 2.63. The summed E-state index contributed by atoms with van der Waals surface area (Å²) in [7, 11) is 0. The normalized spacial score (nSPS) is 31.0. The van der Waals surface area contributed by atoms with Gasteiger partial charge in [-0.2, -0.15) is 0 Å². The Kier molecular flexibility index (Phi) is 5.58. The van der Waals surface area contributed by atoms with Crippen LogP contribution in [0.5, 0.6) is 0 Å². The molecule has 0 amide bonds. The second kappa shape index (κ2) is 6.46. The number of hydrogen-bond acceptors (Lipinski definition) is 3. The first-order valence-electron chi connectivity index (χ1n) is 6.15. The molecule has 0 aromatic heterocycles. The molecule has 1 aliphatic rings. The van der Waals surface area contributed by atoms with Crippen LogP contribution in [0.15, 0.2) is 0 Å². The van der Waals surface area contributed by atoms with Crippen molar-refractivity contribution in [2.45, 2.75) is 39.7 Å². The van der Waals surface area contributed by atoms with E-state index in [1.54, 1.807) is 0 Å². The van der Waals surface area contributed by atoms with Gasteiger partial charge in [-0.3, -0.25) is 0 Å². The van der Waals surface area contributed by atoms with Gasteiger partial charge >= 0.3 is 0 Å². The van der Waals surface area contributed by atoms with E-state index in [0.717, 1.165) is 45.8 Å². The minimum atomic E-state index is 0.297. The van der Waals surface area contributed by atoms with Crippen molar-refractivity contribution in [1.29, 1.82) is 0 Å². The number of nitrogens with one attached hydrogen (secondary N) is 1.